The molecule has 17 heavy (non-hydrogen) atoms. The van der Waals surface area contributed by atoms with Gasteiger partial charge in [0.05, 0.1) is 11.3 Å². The lowest BCUT2D eigenvalue weighted by Crippen LogP contribution is -2.39. The van der Waals surface area contributed by atoms with Crippen LogP contribution in [0.5, 0.6) is 0 Å². The highest BCUT2D eigenvalue weighted by Gasteiger charge is 2.37. The molecule has 1 aliphatic rings. The standard InChI is InChI=1S/C11H9F4NO/c1-11(2)3-4(17)5-6(12)7(13)8(14)9(15)10(5)16-11/h16H,3H2,1-2H3. The van der Waals surface area contributed by atoms with Crippen LogP contribution in [0.25, 0.3) is 0 Å². The van der Waals surface area contributed by atoms with E-state index in [1.165, 1.54) is 0 Å². The fraction of sp³-hybridized carbons (Fsp3) is 0.364. The Morgan fingerprint density at radius 3 is 2.12 bits per heavy atom. The van der Waals surface area contributed by atoms with Crippen molar-refractivity contribution in [2.75, 3.05) is 5.32 Å². The molecular weight excluding hydrogens is 238 g/mol. The van der Waals surface area contributed by atoms with Crippen molar-refractivity contribution < 1.29 is 22.4 Å². The molecule has 0 aromatic heterocycles. The van der Waals surface area contributed by atoms with Crippen LogP contribution in [0.15, 0.2) is 0 Å². The van der Waals surface area contributed by atoms with E-state index in [1.807, 2.05) is 0 Å². The third kappa shape index (κ3) is 1.67. The third-order valence-corrected chi connectivity index (χ3v) is 2.61. The summed E-state index contributed by atoms with van der Waals surface area (Å²) >= 11 is 0. The average molecular weight is 247 g/mol. The minimum Gasteiger partial charge on any atom is -0.377 e. The van der Waals surface area contributed by atoms with Crippen LogP contribution in [0.2, 0.25) is 0 Å². The zero-order valence-corrected chi connectivity index (χ0v) is 9.13. The van der Waals surface area contributed by atoms with E-state index in [4.69, 9.17) is 0 Å². The van der Waals surface area contributed by atoms with Crippen molar-refractivity contribution in [3.63, 3.8) is 0 Å². The molecule has 92 valence electrons. The molecule has 0 saturated heterocycles. The van der Waals surface area contributed by atoms with Crippen molar-refractivity contribution in [2.45, 2.75) is 25.8 Å². The number of halogens is 4. The van der Waals surface area contributed by atoms with Gasteiger partial charge in [0, 0.05) is 12.0 Å². The van der Waals surface area contributed by atoms with Crippen LogP contribution in [0, 0.1) is 23.3 Å². The third-order valence-electron chi connectivity index (χ3n) is 2.61. The number of carbonyl (C=O) groups is 1. The quantitative estimate of drug-likeness (QED) is 0.433. The molecule has 0 amide bonds. The Bertz CT molecular complexity index is 525. The molecule has 1 aromatic carbocycles. The maximum Gasteiger partial charge on any atom is 0.199 e. The molecule has 6 heteroatoms. The Kier molecular flexibility index (Phi) is 2.41. The molecule has 0 unspecified atom stereocenters. The van der Waals surface area contributed by atoms with E-state index in [2.05, 4.69) is 5.32 Å². The lowest BCUT2D eigenvalue weighted by atomic mass is 9.88. The summed E-state index contributed by atoms with van der Waals surface area (Å²) in [5, 5.41) is 2.50. The zero-order valence-electron chi connectivity index (χ0n) is 9.13. The Morgan fingerprint density at radius 1 is 1.00 bits per heavy atom. The van der Waals surface area contributed by atoms with Gasteiger partial charge in [-0.05, 0) is 13.8 Å². The van der Waals surface area contributed by atoms with Gasteiger partial charge in [0.2, 0.25) is 0 Å². The summed E-state index contributed by atoms with van der Waals surface area (Å²) in [6.07, 6.45) is -0.124. The molecule has 0 spiro atoms. The lowest BCUT2D eigenvalue weighted by Gasteiger charge is -2.33. The summed E-state index contributed by atoms with van der Waals surface area (Å²) < 4.78 is 52.8. The highest BCUT2D eigenvalue weighted by Crippen LogP contribution is 2.36. The maximum atomic E-state index is 13.4. The van der Waals surface area contributed by atoms with Gasteiger partial charge in [-0.2, -0.15) is 0 Å². The molecule has 0 bridgehead atoms. The first-order valence-electron chi connectivity index (χ1n) is 4.92. The maximum absolute atomic E-state index is 13.4. The van der Waals surface area contributed by atoms with Crippen molar-refractivity contribution in [1.29, 1.82) is 0 Å². The van der Waals surface area contributed by atoms with Crippen molar-refractivity contribution >= 4 is 11.5 Å². The minimum atomic E-state index is -1.96. The second-order valence-corrected chi connectivity index (χ2v) is 4.61. The predicted molar refractivity (Wildman–Crippen MR) is 52.9 cm³/mol. The van der Waals surface area contributed by atoms with Crippen LogP contribution in [0.3, 0.4) is 0 Å². The Labute approximate surface area is 94.6 Å². The SMILES string of the molecule is CC1(C)CC(=O)c2c(F)c(F)c(F)c(F)c2N1. The molecule has 1 heterocycles. The van der Waals surface area contributed by atoms with E-state index in [1.54, 1.807) is 13.8 Å². The molecular formula is C11H9F4NO. The van der Waals surface area contributed by atoms with Gasteiger partial charge in [0.15, 0.2) is 29.1 Å². The van der Waals surface area contributed by atoms with Crippen LogP contribution in [-0.2, 0) is 0 Å². The number of benzene rings is 1. The second-order valence-electron chi connectivity index (χ2n) is 4.61. The van der Waals surface area contributed by atoms with Crippen LogP contribution >= 0.6 is 0 Å². The van der Waals surface area contributed by atoms with Crippen LogP contribution in [0.1, 0.15) is 30.6 Å². The first-order chi connectivity index (χ1) is 7.74. The number of ketones is 1. The smallest absolute Gasteiger partial charge is 0.199 e. The minimum absolute atomic E-state index is 0.124. The molecule has 1 N–H and O–H groups in total. The summed E-state index contributed by atoms with van der Waals surface area (Å²) in [5.41, 5.74) is -2.19. The van der Waals surface area contributed by atoms with Gasteiger partial charge in [-0.25, -0.2) is 17.6 Å². The monoisotopic (exact) mass is 247 g/mol. The summed E-state index contributed by atoms with van der Waals surface area (Å²) in [4.78, 5) is 11.6. The fourth-order valence-corrected chi connectivity index (χ4v) is 1.88. The van der Waals surface area contributed by atoms with Crippen molar-refractivity contribution in [3.8, 4) is 0 Å². The largest absolute Gasteiger partial charge is 0.377 e. The fourth-order valence-electron chi connectivity index (χ4n) is 1.88. The number of fused-ring (bicyclic) bond motifs is 1. The summed E-state index contributed by atoms with van der Waals surface area (Å²) in [6, 6.07) is 0. The van der Waals surface area contributed by atoms with Crippen molar-refractivity contribution in [3.05, 3.63) is 28.8 Å². The normalized spacial score (nSPS) is 17.6. The highest BCUT2D eigenvalue weighted by molar-refractivity contribution is 6.04. The van der Waals surface area contributed by atoms with Crippen molar-refractivity contribution in [1.82, 2.24) is 0 Å². The first kappa shape index (κ1) is 11.9. The number of anilines is 1. The van der Waals surface area contributed by atoms with E-state index in [0.717, 1.165) is 0 Å². The Balaban J connectivity index is 2.77. The first-order valence-corrected chi connectivity index (χ1v) is 4.92. The van der Waals surface area contributed by atoms with E-state index in [-0.39, 0.29) is 6.42 Å². The van der Waals surface area contributed by atoms with E-state index < -0.39 is 45.8 Å². The number of rotatable bonds is 0. The Morgan fingerprint density at radius 2 is 1.53 bits per heavy atom. The number of Topliss-reactive ketones (excluding diaryl/α,β-unsaturated/α-hetero) is 1. The molecule has 0 radical (unpaired) electrons. The van der Waals surface area contributed by atoms with Crippen LogP contribution < -0.4 is 5.32 Å². The molecule has 0 aliphatic carbocycles. The van der Waals surface area contributed by atoms with Gasteiger partial charge in [-0.1, -0.05) is 0 Å². The lowest BCUT2D eigenvalue weighted by molar-refractivity contribution is 0.0951. The van der Waals surface area contributed by atoms with E-state index in [0.29, 0.717) is 0 Å². The molecule has 0 saturated carbocycles. The van der Waals surface area contributed by atoms with Gasteiger partial charge in [0.1, 0.15) is 0 Å². The van der Waals surface area contributed by atoms with Gasteiger partial charge < -0.3 is 5.32 Å². The Hall–Kier alpha value is -1.59. The summed E-state index contributed by atoms with van der Waals surface area (Å²) in [6.45, 7) is 3.15. The predicted octanol–water partition coefficient (Wildman–Crippen LogP) is 3.02. The molecule has 2 rings (SSSR count). The highest BCUT2D eigenvalue weighted by atomic mass is 19.2. The molecule has 1 aliphatic heterocycles. The number of hydrogen-bond donors (Lipinski definition) is 1. The second kappa shape index (κ2) is 3.45. The van der Waals surface area contributed by atoms with Gasteiger partial charge in [-0.15, -0.1) is 0 Å². The molecule has 1 aromatic rings. The molecule has 0 fully saturated rings. The van der Waals surface area contributed by atoms with Crippen LogP contribution in [-0.4, -0.2) is 11.3 Å². The van der Waals surface area contributed by atoms with Gasteiger partial charge >= 0.3 is 0 Å². The number of carbonyl (C=O) groups excluding carboxylic acids is 1. The molecule has 0 atom stereocenters. The van der Waals surface area contributed by atoms with E-state index >= 15 is 0 Å². The van der Waals surface area contributed by atoms with Crippen molar-refractivity contribution in [2.24, 2.45) is 0 Å². The van der Waals surface area contributed by atoms with E-state index in [9.17, 15) is 22.4 Å². The zero-order chi connectivity index (χ0) is 13.0. The average Bonchev–Trinajstić information content (AvgIpc) is 2.21. The summed E-state index contributed by atoms with van der Waals surface area (Å²) in [7, 11) is 0. The topological polar surface area (TPSA) is 29.1 Å². The van der Waals surface area contributed by atoms with Crippen LogP contribution in [0.4, 0.5) is 23.2 Å². The summed E-state index contributed by atoms with van der Waals surface area (Å²) in [5.74, 6) is -7.85. The number of nitrogens with one attached hydrogen (secondary N) is 1. The van der Waals surface area contributed by atoms with Gasteiger partial charge in [-0.3, -0.25) is 4.79 Å². The molecule has 2 nitrogen and oxygen atoms in total. The van der Waals surface area contributed by atoms with Gasteiger partial charge in [0.25, 0.3) is 0 Å². The number of hydrogen-bond acceptors (Lipinski definition) is 2.